The molecular formula is C23H21F4N6O5+. The molecule has 200 valence electrons. The molecule has 0 saturated heterocycles. The van der Waals surface area contributed by atoms with E-state index in [0.717, 1.165) is 16.7 Å². The SMILES string of the molecule is O=C(NC[C@H]1C[N+](c2cc(F)c(N3CCn4c(=O)c5cccnc5c(=O)n4CC3)c(F)c2)=C(O)O1)C(F)F. The van der Waals surface area contributed by atoms with Gasteiger partial charge in [0.1, 0.15) is 11.2 Å². The number of ether oxygens (including phenoxy) is 1. The third-order valence-electron chi connectivity index (χ3n) is 6.39. The van der Waals surface area contributed by atoms with Gasteiger partial charge in [-0.25, -0.2) is 18.1 Å². The van der Waals surface area contributed by atoms with Crippen LogP contribution in [-0.2, 0) is 22.6 Å². The molecule has 11 nitrogen and oxygen atoms in total. The van der Waals surface area contributed by atoms with Gasteiger partial charge >= 0.3 is 12.5 Å². The van der Waals surface area contributed by atoms with E-state index in [4.69, 9.17) is 4.74 Å². The topological polar surface area (TPSA) is 122 Å². The van der Waals surface area contributed by atoms with E-state index in [1.807, 2.05) is 5.32 Å². The minimum Gasteiger partial charge on any atom is -0.430 e. The van der Waals surface area contributed by atoms with Crippen LogP contribution in [0.25, 0.3) is 10.9 Å². The summed E-state index contributed by atoms with van der Waals surface area (Å²) in [5.74, 6) is -3.46. The van der Waals surface area contributed by atoms with Gasteiger partial charge in [-0.05, 0) is 12.1 Å². The Morgan fingerprint density at radius 2 is 1.79 bits per heavy atom. The van der Waals surface area contributed by atoms with E-state index in [0.29, 0.717) is 0 Å². The van der Waals surface area contributed by atoms with Crippen molar-refractivity contribution in [2.75, 3.05) is 31.1 Å². The van der Waals surface area contributed by atoms with Crippen LogP contribution in [0.15, 0.2) is 40.1 Å². The van der Waals surface area contributed by atoms with Crippen LogP contribution in [0, 0.1) is 11.6 Å². The molecule has 2 N–H and O–H groups in total. The van der Waals surface area contributed by atoms with Crippen molar-refractivity contribution in [2.45, 2.75) is 25.6 Å². The van der Waals surface area contributed by atoms with Crippen LogP contribution in [0.4, 0.5) is 28.9 Å². The number of hydrogen-bond acceptors (Lipinski definition) is 6. The number of benzene rings is 1. The Morgan fingerprint density at radius 3 is 2.45 bits per heavy atom. The Hall–Kier alpha value is -4.43. The zero-order valence-electron chi connectivity index (χ0n) is 19.6. The number of aromatic nitrogens is 3. The molecule has 0 saturated carbocycles. The summed E-state index contributed by atoms with van der Waals surface area (Å²) in [6.07, 6.45) is -3.47. The molecule has 0 spiro atoms. The van der Waals surface area contributed by atoms with Gasteiger partial charge in [-0.3, -0.25) is 19.4 Å². The number of carbonyl (C=O) groups is 1. The van der Waals surface area contributed by atoms with E-state index in [1.165, 1.54) is 26.5 Å². The molecule has 1 atom stereocenters. The monoisotopic (exact) mass is 537 g/mol. The summed E-state index contributed by atoms with van der Waals surface area (Å²) in [5.41, 5.74) is -1.40. The van der Waals surface area contributed by atoms with Crippen LogP contribution in [-0.4, -0.2) is 74.7 Å². The van der Waals surface area contributed by atoms with Crippen LogP contribution in [0.5, 0.6) is 0 Å². The first-order chi connectivity index (χ1) is 18.2. The fraction of sp³-hybridized carbons (Fsp3) is 0.348. The molecule has 2 aromatic heterocycles. The lowest BCUT2D eigenvalue weighted by atomic mass is 10.2. The Balaban J connectivity index is 1.37. The van der Waals surface area contributed by atoms with Gasteiger partial charge in [0, 0.05) is 31.4 Å². The Labute approximate surface area is 210 Å². The maximum absolute atomic E-state index is 15.2. The number of alkyl halides is 2. The molecule has 0 fully saturated rings. The summed E-state index contributed by atoms with van der Waals surface area (Å²) in [7, 11) is 0. The lowest BCUT2D eigenvalue weighted by molar-refractivity contribution is -0.441. The highest BCUT2D eigenvalue weighted by Crippen LogP contribution is 2.30. The number of amides is 1. The number of hydrogen-bond donors (Lipinski definition) is 2. The highest BCUT2D eigenvalue weighted by atomic mass is 19.3. The summed E-state index contributed by atoms with van der Waals surface area (Å²) in [6, 6.07) is 4.96. The third kappa shape index (κ3) is 4.43. The van der Waals surface area contributed by atoms with Crippen LogP contribution < -0.4 is 21.3 Å². The number of carbonyl (C=O) groups excluding carboxylic acids is 1. The Kier molecular flexibility index (Phi) is 6.50. The van der Waals surface area contributed by atoms with Crippen LogP contribution in [0.3, 0.4) is 0 Å². The molecule has 0 aliphatic carbocycles. The molecule has 1 amide bonds. The molecule has 4 heterocycles. The quantitative estimate of drug-likeness (QED) is 0.363. The normalized spacial score (nSPS) is 17.5. The fourth-order valence-corrected chi connectivity index (χ4v) is 4.60. The van der Waals surface area contributed by atoms with Gasteiger partial charge < -0.3 is 20.1 Å². The van der Waals surface area contributed by atoms with Crippen molar-refractivity contribution in [1.29, 1.82) is 0 Å². The van der Waals surface area contributed by atoms with Crippen molar-refractivity contribution in [3.05, 3.63) is 62.8 Å². The molecule has 3 aromatic rings. The molecule has 38 heavy (non-hydrogen) atoms. The van der Waals surface area contributed by atoms with E-state index in [9.17, 15) is 28.3 Å². The van der Waals surface area contributed by atoms with Crippen LogP contribution >= 0.6 is 0 Å². The van der Waals surface area contributed by atoms with Crippen molar-refractivity contribution >= 4 is 34.3 Å². The number of halogens is 4. The van der Waals surface area contributed by atoms with E-state index in [1.54, 1.807) is 6.07 Å². The zero-order valence-corrected chi connectivity index (χ0v) is 19.6. The number of nitrogens with zero attached hydrogens (tertiary/aromatic N) is 5. The summed E-state index contributed by atoms with van der Waals surface area (Å²) < 4.78 is 63.8. The lowest BCUT2D eigenvalue weighted by Gasteiger charge is -2.23. The van der Waals surface area contributed by atoms with Gasteiger partial charge in [0.15, 0.2) is 24.3 Å². The first kappa shape index (κ1) is 25.2. The molecule has 15 heteroatoms. The summed E-state index contributed by atoms with van der Waals surface area (Å²) >= 11 is 0. The van der Waals surface area contributed by atoms with Gasteiger partial charge in [0.05, 0.1) is 25.0 Å². The predicted octanol–water partition coefficient (Wildman–Crippen LogP) is 0.695. The lowest BCUT2D eigenvalue weighted by Crippen LogP contribution is -2.39. The van der Waals surface area contributed by atoms with Gasteiger partial charge in [0.25, 0.3) is 17.0 Å². The molecule has 1 aromatic carbocycles. The van der Waals surface area contributed by atoms with Crippen LogP contribution in [0.2, 0.25) is 0 Å². The predicted molar refractivity (Wildman–Crippen MR) is 125 cm³/mol. The second-order valence-corrected chi connectivity index (χ2v) is 8.68. The van der Waals surface area contributed by atoms with Gasteiger partial charge in [-0.2, -0.15) is 8.78 Å². The maximum Gasteiger partial charge on any atom is 0.553 e. The molecule has 0 bridgehead atoms. The Morgan fingerprint density at radius 1 is 1.13 bits per heavy atom. The van der Waals surface area contributed by atoms with Crippen molar-refractivity contribution < 1.29 is 36.8 Å². The Bertz CT molecular complexity index is 1500. The van der Waals surface area contributed by atoms with Gasteiger partial charge in [-0.15, -0.1) is 4.58 Å². The van der Waals surface area contributed by atoms with Crippen molar-refractivity contribution in [2.24, 2.45) is 0 Å². The molecule has 5 rings (SSSR count). The summed E-state index contributed by atoms with van der Waals surface area (Å²) in [5, 5.41) is 12.2. The average Bonchev–Trinajstić information content (AvgIpc) is 3.12. The minimum atomic E-state index is -3.22. The standard InChI is InChI=1S/C23H20F4N6O5/c24-15-8-12(31-11-13(38-23(31)37)10-29-20(34)19(26)27)9-16(25)18(15)30-4-6-32-21(35)14-2-1-3-28-17(14)22(36)33(32)7-5-30/h1-3,8-9,13,19H,4-7,10-11H2,(H,29,34)/p+1/t13-/m0/s1. The first-order valence-corrected chi connectivity index (χ1v) is 11.5. The molecular weight excluding hydrogens is 516 g/mol. The summed E-state index contributed by atoms with van der Waals surface area (Å²) in [4.78, 5) is 42.2. The van der Waals surface area contributed by atoms with E-state index in [-0.39, 0.29) is 61.5 Å². The molecule has 0 radical (unpaired) electrons. The number of nitrogens with one attached hydrogen (secondary N) is 1. The van der Waals surface area contributed by atoms with Crippen molar-refractivity contribution in [1.82, 2.24) is 19.7 Å². The average molecular weight is 537 g/mol. The highest BCUT2D eigenvalue weighted by Gasteiger charge is 2.37. The highest BCUT2D eigenvalue weighted by molar-refractivity contribution is 5.79. The molecule has 0 unspecified atom stereocenters. The molecule has 2 aliphatic rings. The van der Waals surface area contributed by atoms with E-state index in [2.05, 4.69) is 4.98 Å². The summed E-state index contributed by atoms with van der Waals surface area (Å²) in [6.45, 7) is -0.526. The minimum absolute atomic E-state index is 0.0138. The second kappa shape index (κ2) is 9.79. The van der Waals surface area contributed by atoms with Crippen molar-refractivity contribution in [3.63, 3.8) is 0 Å². The first-order valence-electron chi connectivity index (χ1n) is 11.5. The number of fused-ring (bicyclic) bond motifs is 2. The third-order valence-corrected chi connectivity index (χ3v) is 6.39. The maximum atomic E-state index is 15.2. The number of aliphatic hydroxyl groups is 1. The fourth-order valence-electron chi connectivity index (χ4n) is 4.60. The van der Waals surface area contributed by atoms with Crippen LogP contribution in [0.1, 0.15) is 0 Å². The smallest absolute Gasteiger partial charge is 0.430 e. The number of pyridine rings is 1. The largest absolute Gasteiger partial charge is 0.553 e. The van der Waals surface area contributed by atoms with E-state index < -0.39 is 47.3 Å². The van der Waals surface area contributed by atoms with E-state index >= 15 is 8.78 Å². The van der Waals surface area contributed by atoms with Gasteiger partial charge in [-0.1, -0.05) is 0 Å². The number of aliphatic hydroxyl groups excluding tert-OH is 1. The zero-order chi connectivity index (χ0) is 27.1. The van der Waals surface area contributed by atoms with Gasteiger partial charge in [0.2, 0.25) is 5.69 Å². The van der Waals surface area contributed by atoms with Crippen molar-refractivity contribution in [3.8, 4) is 0 Å². The number of rotatable bonds is 5. The second-order valence-electron chi connectivity index (χ2n) is 8.68. The number of anilines is 1. The molecule has 2 aliphatic heterocycles.